The molecule has 0 aromatic rings. The molecule has 0 amide bonds. The molecule has 0 unspecified atom stereocenters. The molecule has 0 aromatic carbocycles. The fourth-order valence-electron chi connectivity index (χ4n) is 2.03. The Morgan fingerprint density at radius 2 is 2.13 bits per heavy atom. The second kappa shape index (κ2) is 6.44. The highest BCUT2D eigenvalue weighted by Crippen LogP contribution is 2.27. The van der Waals surface area contributed by atoms with Crippen molar-refractivity contribution in [3.8, 4) is 0 Å². The predicted molar refractivity (Wildman–Crippen MR) is 61.5 cm³/mol. The quantitative estimate of drug-likeness (QED) is 0.525. The Bertz CT molecular complexity index is 253. The van der Waals surface area contributed by atoms with Gasteiger partial charge in [0.2, 0.25) is 0 Å². The number of allylic oxidation sites excluding steroid dienone is 4. The summed E-state index contributed by atoms with van der Waals surface area (Å²) in [6, 6.07) is 0. The van der Waals surface area contributed by atoms with Crippen LogP contribution < -0.4 is 0 Å². The summed E-state index contributed by atoms with van der Waals surface area (Å²) in [7, 11) is 0. The molecular formula is C13H20O2. The lowest BCUT2D eigenvalue weighted by Gasteiger charge is -2.26. The van der Waals surface area contributed by atoms with Crippen LogP contribution >= 0.6 is 0 Å². The third-order valence-electron chi connectivity index (χ3n) is 2.69. The van der Waals surface area contributed by atoms with Gasteiger partial charge in [-0.25, -0.2) is 0 Å². The van der Waals surface area contributed by atoms with Crippen molar-refractivity contribution in [1.29, 1.82) is 0 Å². The molecule has 84 valence electrons. The third-order valence-corrected chi connectivity index (χ3v) is 2.69. The van der Waals surface area contributed by atoms with Gasteiger partial charge in [0.15, 0.2) is 0 Å². The summed E-state index contributed by atoms with van der Waals surface area (Å²) in [6.45, 7) is 3.49. The molecule has 2 heteroatoms. The minimum atomic E-state index is -0.155. The highest BCUT2D eigenvalue weighted by atomic mass is 16.5. The standard InChI is InChI=1S/C13H20O2/c1-3-4-5-7-12-8-6-9-13(10-12)15-11(2)14/h3-5,7,12-13H,6,8-10H2,1-2H3/b4-3+,7-5+/t12-,13+/m0/s1. The first kappa shape index (κ1) is 12.0. The Balaban J connectivity index is 2.38. The average Bonchev–Trinajstić information content (AvgIpc) is 2.18. The van der Waals surface area contributed by atoms with E-state index in [1.807, 2.05) is 19.1 Å². The Morgan fingerprint density at radius 3 is 2.80 bits per heavy atom. The lowest BCUT2D eigenvalue weighted by molar-refractivity contribution is -0.148. The molecule has 0 spiro atoms. The van der Waals surface area contributed by atoms with Crippen molar-refractivity contribution >= 4 is 5.97 Å². The molecule has 1 rings (SSSR count). The monoisotopic (exact) mass is 208 g/mol. The highest BCUT2D eigenvalue weighted by molar-refractivity contribution is 5.66. The van der Waals surface area contributed by atoms with Gasteiger partial charge in [-0.3, -0.25) is 4.79 Å². The smallest absolute Gasteiger partial charge is 0.302 e. The molecule has 2 nitrogen and oxygen atoms in total. The van der Waals surface area contributed by atoms with Crippen molar-refractivity contribution in [3.05, 3.63) is 24.3 Å². The molecule has 0 heterocycles. The average molecular weight is 208 g/mol. The van der Waals surface area contributed by atoms with E-state index in [1.165, 1.54) is 13.3 Å². The summed E-state index contributed by atoms with van der Waals surface area (Å²) in [5, 5.41) is 0. The van der Waals surface area contributed by atoms with E-state index >= 15 is 0 Å². The van der Waals surface area contributed by atoms with E-state index in [2.05, 4.69) is 12.2 Å². The maximum atomic E-state index is 10.8. The van der Waals surface area contributed by atoms with Crippen LogP contribution in [0.1, 0.15) is 39.5 Å². The van der Waals surface area contributed by atoms with Crippen LogP contribution in [0.2, 0.25) is 0 Å². The third kappa shape index (κ3) is 4.82. The Kier molecular flexibility index (Phi) is 5.16. The lowest BCUT2D eigenvalue weighted by Crippen LogP contribution is -2.23. The number of hydrogen-bond donors (Lipinski definition) is 0. The molecule has 0 N–H and O–H groups in total. The predicted octanol–water partition coefficient (Wildman–Crippen LogP) is 3.24. The van der Waals surface area contributed by atoms with Crippen molar-refractivity contribution in [2.75, 3.05) is 0 Å². The van der Waals surface area contributed by atoms with E-state index in [4.69, 9.17) is 4.74 Å². The number of carbonyl (C=O) groups excluding carboxylic acids is 1. The molecular weight excluding hydrogens is 188 g/mol. The summed E-state index contributed by atoms with van der Waals surface area (Å²) < 4.78 is 5.24. The topological polar surface area (TPSA) is 26.3 Å². The van der Waals surface area contributed by atoms with Gasteiger partial charge in [-0.05, 0) is 38.5 Å². The largest absolute Gasteiger partial charge is 0.463 e. The molecule has 0 bridgehead atoms. The van der Waals surface area contributed by atoms with E-state index in [0.717, 1.165) is 19.3 Å². The fraction of sp³-hybridized carbons (Fsp3) is 0.615. The van der Waals surface area contributed by atoms with E-state index in [9.17, 15) is 4.79 Å². The van der Waals surface area contributed by atoms with Crippen LogP contribution in [-0.2, 0) is 9.53 Å². The normalized spacial score (nSPS) is 27.3. The number of rotatable bonds is 3. The van der Waals surface area contributed by atoms with Crippen molar-refractivity contribution in [3.63, 3.8) is 0 Å². The molecule has 15 heavy (non-hydrogen) atoms. The first-order chi connectivity index (χ1) is 7.22. The summed E-state index contributed by atoms with van der Waals surface area (Å²) in [5.41, 5.74) is 0. The van der Waals surface area contributed by atoms with Crippen LogP contribution in [-0.4, -0.2) is 12.1 Å². The molecule has 1 aliphatic carbocycles. The van der Waals surface area contributed by atoms with Crippen molar-refractivity contribution in [1.82, 2.24) is 0 Å². The van der Waals surface area contributed by atoms with E-state index in [1.54, 1.807) is 0 Å². The minimum Gasteiger partial charge on any atom is -0.463 e. The van der Waals surface area contributed by atoms with Gasteiger partial charge in [-0.2, -0.15) is 0 Å². The van der Waals surface area contributed by atoms with E-state index in [0.29, 0.717) is 5.92 Å². The van der Waals surface area contributed by atoms with Gasteiger partial charge >= 0.3 is 5.97 Å². The molecule has 0 radical (unpaired) electrons. The summed E-state index contributed by atoms with van der Waals surface area (Å²) >= 11 is 0. The van der Waals surface area contributed by atoms with Gasteiger partial charge in [0.1, 0.15) is 6.10 Å². The number of carbonyl (C=O) groups is 1. The second-order valence-electron chi connectivity index (χ2n) is 4.07. The number of hydrogen-bond acceptors (Lipinski definition) is 2. The molecule has 0 aliphatic heterocycles. The molecule has 0 saturated heterocycles. The minimum absolute atomic E-state index is 0.136. The second-order valence-corrected chi connectivity index (χ2v) is 4.07. The van der Waals surface area contributed by atoms with Crippen molar-refractivity contribution in [2.45, 2.75) is 45.6 Å². The zero-order valence-electron chi connectivity index (χ0n) is 9.61. The van der Waals surface area contributed by atoms with Gasteiger partial charge in [0.25, 0.3) is 0 Å². The summed E-state index contributed by atoms with van der Waals surface area (Å²) in [6.07, 6.45) is 12.9. The Labute approximate surface area is 92.0 Å². The Morgan fingerprint density at radius 1 is 1.33 bits per heavy atom. The van der Waals surface area contributed by atoms with Gasteiger partial charge in [-0.1, -0.05) is 24.3 Å². The van der Waals surface area contributed by atoms with Crippen molar-refractivity contribution < 1.29 is 9.53 Å². The van der Waals surface area contributed by atoms with Crippen LogP contribution in [0.15, 0.2) is 24.3 Å². The van der Waals surface area contributed by atoms with Crippen molar-refractivity contribution in [2.24, 2.45) is 5.92 Å². The zero-order valence-corrected chi connectivity index (χ0v) is 9.61. The zero-order chi connectivity index (χ0) is 11.1. The molecule has 1 aliphatic rings. The first-order valence-corrected chi connectivity index (χ1v) is 5.69. The van der Waals surface area contributed by atoms with Crippen LogP contribution in [0, 0.1) is 5.92 Å². The highest BCUT2D eigenvalue weighted by Gasteiger charge is 2.21. The number of ether oxygens (including phenoxy) is 1. The van der Waals surface area contributed by atoms with Crippen LogP contribution in [0.4, 0.5) is 0 Å². The lowest BCUT2D eigenvalue weighted by atomic mass is 9.87. The van der Waals surface area contributed by atoms with Crippen LogP contribution in [0.5, 0.6) is 0 Å². The van der Waals surface area contributed by atoms with E-state index < -0.39 is 0 Å². The van der Waals surface area contributed by atoms with Gasteiger partial charge in [0.05, 0.1) is 0 Å². The van der Waals surface area contributed by atoms with Crippen LogP contribution in [0.25, 0.3) is 0 Å². The van der Waals surface area contributed by atoms with Gasteiger partial charge < -0.3 is 4.74 Å². The summed E-state index contributed by atoms with van der Waals surface area (Å²) in [4.78, 5) is 10.8. The maximum absolute atomic E-state index is 10.8. The van der Waals surface area contributed by atoms with Crippen LogP contribution in [0.3, 0.4) is 0 Å². The first-order valence-electron chi connectivity index (χ1n) is 5.69. The fourth-order valence-corrected chi connectivity index (χ4v) is 2.03. The molecule has 0 aromatic heterocycles. The van der Waals surface area contributed by atoms with E-state index in [-0.39, 0.29) is 12.1 Å². The Hall–Kier alpha value is -1.05. The molecule has 1 saturated carbocycles. The SMILES string of the molecule is C/C=C/C=C/[C@H]1CCC[C@@H](OC(C)=O)C1. The maximum Gasteiger partial charge on any atom is 0.302 e. The summed E-state index contributed by atoms with van der Waals surface area (Å²) in [5.74, 6) is 0.414. The number of esters is 1. The molecule has 1 fully saturated rings. The van der Waals surface area contributed by atoms with Gasteiger partial charge in [0, 0.05) is 6.92 Å². The van der Waals surface area contributed by atoms with Gasteiger partial charge in [-0.15, -0.1) is 0 Å². The molecule has 2 atom stereocenters.